The maximum absolute atomic E-state index is 6.06. The summed E-state index contributed by atoms with van der Waals surface area (Å²) < 4.78 is 5.60. The van der Waals surface area contributed by atoms with Crippen LogP contribution in [0.25, 0.3) is 11.3 Å². The molecule has 1 aromatic carbocycles. The molecular formula is C12H12ClNO. The topological polar surface area (TPSA) is 39.2 Å². The lowest BCUT2D eigenvalue weighted by Crippen LogP contribution is -2.02. The van der Waals surface area contributed by atoms with E-state index in [2.05, 4.69) is 0 Å². The zero-order valence-corrected chi connectivity index (χ0v) is 9.16. The van der Waals surface area contributed by atoms with Gasteiger partial charge in [-0.3, -0.25) is 0 Å². The molecule has 0 amide bonds. The number of halogens is 1. The zero-order valence-electron chi connectivity index (χ0n) is 8.41. The molecule has 0 aliphatic carbocycles. The molecule has 0 saturated carbocycles. The molecule has 0 bridgehead atoms. The molecule has 0 radical (unpaired) electrons. The van der Waals surface area contributed by atoms with Crippen LogP contribution in [0.2, 0.25) is 5.02 Å². The second-order valence-corrected chi connectivity index (χ2v) is 3.88. The molecule has 0 unspecified atom stereocenters. The van der Waals surface area contributed by atoms with Gasteiger partial charge in [-0.1, -0.05) is 23.7 Å². The summed E-state index contributed by atoms with van der Waals surface area (Å²) in [7, 11) is 0. The highest BCUT2D eigenvalue weighted by Gasteiger charge is 2.09. The summed E-state index contributed by atoms with van der Waals surface area (Å²) in [5.41, 5.74) is 6.61. The molecule has 2 N–H and O–H groups in total. The van der Waals surface area contributed by atoms with Crippen molar-refractivity contribution in [1.82, 2.24) is 0 Å². The monoisotopic (exact) mass is 221 g/mol. The van der Waals surface area contributed by atoms with Gasteiger partial charge in [-0.05, 0) is 31.2 Å². The summed E-state index contributed by atoms with van der Waals surface area (Å²) in [5, 5.41) is 0.683. The molecule has 78 valence electrons. The van der Waals surface area contributed by atoms with Crippen molar-refractivity contribution in [1.29, 1.82) is 0 Å². The van der Waals surface area contributed by atoms with Crippen LogP contribution in [0.4, 0.5) is 0 Å². The quantitative estimate of drug-likeness (QED) is 0.841. The molecule has 2 rings (SSSR count). The second-order valence-electron chi connectivity index (χ2n) is 3.47. The van der Waals surface area contributed by atoms with Crippen LogP contribution in [-0.2, 0) is 0 Å². The maximum atomic E-state index is 6.06. The van der Waals surface area contributed by atoms with E-state index in [-0.39, 0.29) is 6.04 Å². The van der Waals surface area contributed by atoms with Gasteiger partial charge in [0.1, 0.15) is 11.5 Å². The molecule has 0 saturated heterocycles. The van der Waals surface area contributed by atoms with Gasteiger partial charge < -0.3 is 10.2 Å². The van der Waals surface area contributed by atoms with Crippen molar-refractivity contribution in [3.8, 4) is 11.3 Å². The minimum Gasteiger partial charge on any atom is -0.459 e. The summed E-state index contributed by atoms with van der Waals surface area (Å²) >= 11 is 6.06. The zero-order chi connectivity index (χ0) is 10.8. The molecule has 0 aliphatic rings. The predicted octanol–water partition coefficient (Wildman–Crippen LogP) is 3.62. The van der Waals surface area contributed by atoms with Crippen molar-refractivity contribution in [2.75, 3.05) is 0 Å². The lowest BCUT2D eigenvalue weighted by Gasteiger charge is -2.01. The highest BCUT2D eigenvalue weighted by atomic mass is 35.5. The van der Waals surface area contributed by atoms with E-state index in [9.17, 15) is 0 Å². The van der Waals surface area contributed by atoms with E-state index >= 15 is 0 Å². The number of benzene rings is 1. The Morgan fingerprint density at radius 3 is 2.53 bits per heavy atom. The molecule has 3 heteroatoms. The summed E-state index contributed by atoms with van der Waals surface area (Å²) in [6.45, 7) is 1.88. The van der Waals surface area contributed by atoms with Crippen LogP contribution in [0.3, 0.4) is 0 Å². The van der Waals surface area contributed by atoms with Crippen molar-refractivity contribution < 1.29 is 4.42 Å². The van der Waals surface area contributed by atoms with Gasteiger partial charge in [-0.15, -0.1) is 0 Å². The summed E-state index contributed by atoms with van der Waals surface area (Å²) in [5.74, 6) is 1.53. The third-order valence-corrected chi connectivity index (χ3v) is 2.54. The van der Waals surface area contributed by atoms with Crippen molar-refractivity contribution in [2.24, 2.45) is 5.73 Å². The Morgan fingerprint density at radius 1 is 1.20 bits per heavy atom. The largest absolute Gasteiger partial charge is 0.459 e. The van der Waals surface area contributed by atoms with Crippen LogP contribution in [0.15, 0.2) is 40.8 Å². The van der Waals surface area contributed by atoms with Gasteiger partial charge in [-0.25, -0.2) is 0 Å². The highest BCUT2D eigenvalue weighted by Crippen LogP contribution is 2.30. The lowest BCUT2D eigenvalue weighted by atomic mass is 10.2. The minimum absolute atomic E-state index is 0.0961. The molecule has 0 aliphatic heterocycles. The van der Waals surface area contributed by atoms with Crippen LogP contribution in [0.1, 0.15) is 18.7 Å². The molecule has 1 heterocycles. The van der Waals surface area contributed by atoms with E-state index in [1.807, 2.05) is 43.3 Å². The Balaban J connectivity index is 2.42. The molecule has 1 aromatic heterocycles. The Labute approximate surface area is 93.7 Å². The Hall–Kier alpha value is -1.25. The van der Waals surface area contributed by atoms with Gasteiger partial charge >= 0.3 is 0 Å². The van der Waals surface area contributed by atoms with Gasteiger partial charge in [0.05, 0.1) is 11.1 Å². The minimum atomic E-state index is -0.0961. The second kappa shape index (κ2) is 4.09. The number of furan rings is 1. The maximum Gasteiger partial charge on any atom is 0.135 e. The normalized spacial score (nSPS) is 12.7. The molecule has 2 nitrogen and oxygen atoms in total. The number of nitrogens with two attached hydrogens (primary N) is 1. The standard InChI is InChI=1S/C12H12ClNO/c1-8(14)11-6-7-12(15-11)9-4-2-3-5-10(9)13/h2-8H,14H2,1H3/t8-/m1/s1. The number of hydrogen-bond donors (Lipinski definition) is 1. The van der Waals surface area contributed by atoms with Crippen molar-refractivity contribution >= 4 is 11.6 Å². The van der Waals surface area contributed by atoms with E-state index in [0.717, 1.165) is 17.1 Å². The van der Waals surface area contributed by atoms with E-state index < -0.39 is 0 Å². The van der Waals surface area contributed by atoms with E-state index in [0.29, 0.717) is 5.02 Å². The molecular weight excluding hydrogens is 210 g/mol. The molecule has 0 spiro atoms. The average Bonchev–Trinajstić information content (AvgIpc) is 2.67. The molecule has 1 atom stereocenters. The first-order valence-corrected chi connectivity index (χ1v) is 5.16. The van der Waals surface area contributed by atoms with Gasteiger partial charge in [0.25, 0.3) is 0 Å². The van der Waals surface area contributed by atoms with E-state index in [4.69, 9.17) is 21.8 Å². The van der Waals surface area contributed by atoms with Crippen LogP contribution in [-0.4, -0.2) is 0 Å². The Bertz CT molecular complexity index is 462. The molecule has 15 heavy (non-hydrogen) atoms. The molecule has 2 aromatic rings. The van der Waals surface area contributed by atoms with Crippen LogP contribution in [0, 0.1) is 0 Å². The summed E-state index contributed by atoms with van der Waals surface area (Å²) in [6.07, 6.45) is 0. The Kier molecular flexibility index (Phi) is 2.80. The predicted molar refractivity (Wildman–Crippen MR) is 61.8 cm³/mol. The number of rotatable bonds is 2. The number of hydrogen-bond acceptors (Lipinski definition) is 2. The van der Waals surface area contributed by atoms with Crippen molar-refractivity contribution in [2.45, 2.75) is 13.0 Å². The SMILES string of the molecule is C[C@@H](N)c1ccc(-c2ccccc2Cl)o1. The van der Waals surface area contributed by atoms with Gasteiger partial charge in [-0.2, -0.15) is 0 Å². The van der Waals surface area contributed by atoms with Gasteiger partial charge in [0.2, 0.25) is 0 Å². The first-order valence-electron chi connectivity index (χ1n) is 4.78. The summed E-state index contributed by atoms with van der Waals surface area (Å²) in [4.78, 5) is 0. The van der Waals surface area contributed by atoms with Gasteiger partial charge in [0.15, 0.2) is 0 Å². The first kappa shape index (κ1) is 10.3. The van der Waals surface area contributed by atoms with Crippen LogP contribution < -0.4 is 5.73 Å². The first-order chi connectivity index (χ1) is 7.18. The Morgan fingerprint density at radius 2 is 1.93 bits per heavy atom. The van der Waals surface area contributed by atoms with Crippen LogP contribution in [0.5, 0.6) is 0 Å². The fraction of sp³-hybridized carbons (Fsp3) is 0.167. The fourth-order valence-corrected chi connectivity index (χ4v) is 1.63. The lowest BCUT2D eigenvalue weighted by molar-refractivity contribution is 0.491. The van der Waals surface area contributed by atoms with E-state index in [1.165, 1.54) is 0 Å². The van der Waals surface area contributed by atoms with E-state index in [1.54, 1.807) is 0 Å². The smallest absolute Gasteiger partial charge is 0.135 e. The highest BCUT2D eigenvalue weighted by molar-refractivity contribution is 6.33. The van der Waals surface area contributed by atoms with Crippen molar-refractivity contribution in [3.05, 3.63) is 47.2 Å². The van der Waals surface area contributed by atoms with Crippen molar-refractivity contribution in [3.63, 3.8) is 0 Å². The van der Waals surface area contributed by atoms with Crippen LogP contribution >= 0.6 is 11.6 Å². The summed E-state index contributed by atoms with van der Waals surface area (Å²) in [6, 6.07) is 11.2. The third kappa shape index (κ3) is 2.06. The third-order valence-electron chi connectivity index (χ3n) is 2.21. The molecule has 0 fully saturated rings. The fourth-order valence-electron chi connectivity index (χ4n) is 1.40. The van der Waals surface area contributed by atoms with Gasteiger partial charge in [0, 0.05) is 5.56 Å². The average molecular weight is 222 g/mol.